The maximum atomic E-state index is 12.4. The second-order valence-corrected chi connectivity index (χ2v) is 6.57. The van der Waals surface area contributed by atoms with E-state index in [4.69, 9.17) is 11.6 Å². The van der Waals surface area contributed by atoms with E-state index in [0.717, 1.165) is 24.4 Å². The molecule has 2 bridgehead atoms. The topological polar surface area (TPSA) is 36.8 Å². The minimum absolute atomic E-state index is 0.0160. The standard InChI is InChI=1S/C16H18ClN3O/c17-15-2-1-14-8-12(4-6-20(14)15)16(21)18-13-7-11-3-5-19(9-11)10-13/h1-2,4,6,8,11,13H,3,5,7,9-10H2,(H,18,21). The van der Waals surface area contributed by atoms with Gasteiger partial charge in [0, 0.05) is 36.4 Å². The molecule has 21 heavy (non-hydrogen) atoms. The molecule has 1 amide bonds. The van der Waals surface area contributed by atoms with Gasteiger partial charge in [0.15, 0.2) is 0 Å². The van der Waals surface area contributed by atoms with Gasteiger partial charge in [-0.05, 0) is 49.6 Å². The van der Waals surface area contributed by atoms with Crippen LogP contribution >= 0.6 is 11.6 Å². The van der Waals surface area contributed by atoms with Crippen LogP contribution in [0.5, 0.6) is 0 Å². The Bertz CT molecular complexity index is 684. The van der Waals surface area contributed by atoms with Gasteiger partial charge in [-0.15, -0.1) is 0 Å². The van der Waals surface area contributed by atoms with E-state index >= 15 is 0 Å². The lowest BCUT2D eigenvalue weighted by Gasteiger charge is -2.30. The van der Waals surface area contributed by atoms with Gasteiger partial charge in [0.2, 0.25) is 0 Å². The maximum Gasteiger partial charge on any atom is 0.251 e. The third-order valence-electron chi connectivity index (χ3n) is 4.67. The van der Waals surface area contributed by atoms with Gasteiger partial charge in [-0.1, -0.05) is 11.6 Å². The molecule has 2 fully saturated rings. The van der Waals surface area contributed by atoms with Crippen molar-refractivity contribution in [2.45, 2.75) is 18.9 Å². The number of nitrogens with zero attached hydrogens (tertiary/aromatic N) is 2. The summed E-state index contributed by atoms with van der Waals surface area (Å²) in [5, 5.41) is 3.85. The van der Waals surface area contributed by atoms with Crippen LogP contribution in [0.25, 0.3) is 5.52 Å². The summed E-state index contributed by atoms with van der Waals surface area (Å²) in [4.78, 5) is 14.9. The first-order valence-corrected chi connectivity index (χ1v) is 7.87. The molecule has 4 rings (SSSR count). The summed E-state index contributed by atoms with van der Waals surface area (Å²) >= 11 is 6.06. The van der Waals surface area contributed by atoms with Gasteiger partial charge in [-0.25, -0.2) is 0 Å². The summed E-state index contributed by atoms with van der Waals surface area (Å²) in [5.41, 5.74) is 1.64. The van der Waals surface area contributed by atoms with Crippen LogP contribution < -0.4 is 5.32 Å². The number of aromatic nitrogens is 1. The zero-order valence-corrected chi connectivity index (χ0v) is 12.5. The molecule has 2 aliphatic heterocycles. The van der Waals surface area contributed by atoms with Crippen molar-refractivity contribution in [1.82, 2.24) is 14.6 Å². The number of fused-ring (bicyclic) bond motifs is 3. The molecule has 0 aromatic carbocycles. The lowest BCUT2D eigenvalue weighted by atomic mass is 9.96. The molecule has 4 nitrogen and oxygen atoms in total. The molecule has 3 atom stereocenters. The largest absolute Gasteiger partial charge is 0.348 e. The highest BCUT2D eigenvalue weighted by Crippen LogP contribution is 2.27. The zero-order valence-electron chi connectivity index (χ0n) is 11.8. The second kappa shape index (κ2) is 5.04. The van der Waals surface area contributed by atoms with Gasteiger partial charge in [-0.2, -0.15) is 0 Å². The zero-order chi connectivity index (χ0) is 14.4. The predicted octanol–water partition coefficient (Wildman–Crippen LogP) is 2.42. The van der Waals surface area contributed by atoms with Gasteiger partial charge in [0.05, 0.1) is 0 Å². The molecule has 1 N–H and O–H groups in total. The van der Waals surface area contributed by atoms with E-state index in [1.165, 1.54) is 19.5 Å². The summed E-state index contributed by atoms with van der Waals surface area (Å²) in [6.07, 6.45) is 4.24. The minimum Gasteiger partial charge on any atom is -0.348 e. The van der Waals surface area contributed by atoms with Crippen LogP contribution in [0, 0.1) is 5.92 Å². The van der Waals surface area contributed by atoms with Crippen molar-refractivity contribution in [1.29, 1.82) is 0 Å². The number of carbonyl (C=O) groups is 1. The summed E-state index contributed by atoms with van der Waals surface area (Å²) in [6, 6.07) is 7.76. The number of amides is 1. The van der Waals surface area contributed by atoms with Gasteiger partial charge in [-0.3, -0.25) is 4.79 Å². The van der Waals surface area contributed by atoms with Crippen molar-refractivity contribution >= 4 is 23.0 Å². The molecule has 110 valence electrons. The van der Waals surface area contributed by atoms with Crippen LogP contribution in [-0.2, 0) is 0 Å². The lowest BCUT2D eigenvalue weighted by Crippen LogP contribution is -2.47. The highest BCUT2D eigenvalue weighted by atomic mass is 35.5. The molecule has 4 heterocycles. The molecule has 2 aromatic heterocycles. The first-order valence-electron chi connectivity index (χ1n) is 7.49. The molecule has 2 aromatic rings. The van der Waals surface area contributed by atoms with Crippen molar-refractivity contribution in [2.24, 2.45) is 5.92 Å². The van der Waals surface area contributed by atoms with Crippen molar-refractivity contribution in [3.05, 3.63) is 41.2 Å². The highest BCUT2D eigenvalue weighted by Gasteiger charge is 2.32. The van der Waals surface area contributed by atoms with Crippen LogP contribution in [-0.4, -0.2) is 40.9 Å². The van der Waals surface area contributed by atoms with Gasteiger partial charge in [0.25, 0.3) is 5.91 Å². The van der Waals surface area contributed by atoms with Gasteiger partial charge >= 0.3 is 0 Å². The summed E-state index contributed by atoms with van der Waals surface area (Å²) < 4.78 is 1.87. The molecular weight excluding hydrogens is 286 g/mol. The SMILES string of the molecule is O=C(NC1CC2CCN(C2)C1)c1ccn2c(Cl)ccc2c1. The van der Waals surface area contributed by atoms with Gasteiger partial charge < -0.3 is 14.6 Å². The lowest BCUT2D eigenvalue weighted by molar-refractivity contribution is 0.0909. The Hall–Kier alpha value is -1.52. The Kier molecular flexibility index (Phi) is 3.16. The number of hydrogen-bond donors (Lipinski definition) is 1. The first-order chi connectivity index (χ1) is 10.2. The average molecular weight is 304 g/mol. The van der Waals surface area contributed by atoms with Crippen molar-refractivity contribution in [3.8, 4) is 0 Å². The van der Waals surface area contributed by atoms with Crippen LogP contribution in [0.3, 0.4) is 0 Å². The third-order valence-corrected chi connectivity index (χ3v) is 4.98. The highest BCUT2D eigenvalue weighted by molar-refractivity contribution is 6.30. The van der Waals surface area contributed by atoms with E-state index < -0.39 is 0 Å². The molecular formula is C16H18ClN3O. The molecule has 5 heteroatoms. The number of piperidine rings is 1. The first kappa shape index (κ1) is 13.2. The number of nitrogens with one attached hydrogen (secondary N) is 1. The number of carbonyl (C=O) groups excluding carboxylic acids is 1. The molecule has 0 aliphatic carbocycles. The van der Waals surface area contributed by atoms with Crippen LogP contribution in [0.4, 0.5) is 0 Å². The van der Waals surface area contributed by atoms with E-state index in [1.54, 1.807) is 0 Å². The number of pyridine rings is 1. The molecule has 2 saturated heterocycles. The van der Waals surface area contributed by atoms with E-state index in [2.05, 4.69) is 10.2 Å². The predicted molar refractivity (Wildman–Crippen MR) is 82.8 cm³/mol. The van der Waals surface area contributed by atoms with Crippen molar-refractivity contribution in [2.75, 3.05) is 19.6 Å². The average Bonchev–Trinajstić information content (AvgIpc) is 3.02. The van der Waals surface area contributed by atoms with Crippen molar-refractivity contribution in [3.63, 3.8) is 0 Å². The van der Waals surface area contributed by atoms with E-state index in [9.17, 15) is 4.79 Å². The Balaban J connectivity index is 1.50. The van der Waals surface area contributed by atoms with E-state index in [0.29, 0.717) is 10.7 Å². The van der Waals surface area contributed by atoms with Crippen LogP contribution in [0.15, 0.2) is 30.5 Å². The summed E-state index contributed by atoms with van der Waals surface area (Å²) in [5.74, 6) is 0.776. The molecule has 2 aliphatic rings. The Labute approximate surface area is 128 Å². The number of hydrogen-bond acceptors (Lipinski definition) is 2. The van der Waals surface area contributed by atoms with Crippen LogP contribution in [0.2, 0.25) is 5.15 Å². The quantitative estimate of drug-likeness (QED) is 0.925. The normalized spacial score (nSPS) is 28.0. The Morgan fingerprint density at radius 3 is 3.05 bits per heavy atom. The fourth-order valence-corrected chi connectivity index (χ4v) is 3.87. The monoisotopic (exact) mass is 303 g/mol. The number of rotatable bonds is 2. The van der Waals surface area contributed by atoms with Crippen LogP contribution in [0.1, 0.15) is 23.2 Å². The fourth-order valence-electron chi connectivity index (χ4n) is 3.65. The second-order valence-electron chi connectivity index (χ2n) is 6.19. The Morgan fingerprint density at radius 2 is 2.19 bits per heavy atom. The maximum absolute atomic E-state index is 12.4. The molecule has 0 radical (unpaired) electrons. The van der Waals surface area contributed by atoms with E-state index in [-0.39, 0.29) is 11.9 Å². The van der Waals surface area contributed by atoms with Crippen molar-refractivity contribution < 1.29 is 4.79 Å². The summed E-state index contributed by atoms with van der Waals surface area (Å²) in [6.45, 7) is 3.38. The Morgan fingerprint density at radius 1 is 1.29 bits per heavy atom. The minimum atomic E-state index is 0.0160. The third kappa shape index (κ3) is 2.43. The smallest absolute Gasteiger partial charge is 0.251 e. The molecule has 0 saturated carbocycles. The fraction of sp³-hybridized carbons (Fsp3) is 0.438. The molecule has 0 spiro atoms. The van der Waals surface area contributed by atoms with Gasteiger partial charge in [0.1, 0.15) is 5.15 Å². The summed E-state index contributed by atoms with van der Waals surface area (Å²) in [7, 11) is 0. The number of halogens is 1. The molecule has 3 unspecified atom stereocenters. The van der Waals surface area contributed by atoms with E-state index in [1.807, 2.05) is 34.9 Å².